The monoisotopic (exact) mass is 284 g/mol. The van der Waals surface area contributed by atoms with E-state index in [9.17, 15) is 8.78 Å². The molecule has 0 bridgehead atoms. The molecule has 0 amide bonds. The standard InChI is InChI=1S/C17H14F2N2/c1-11-6-7-14(18)17(16(11)19)21-10-12-8-9-20-15-5-3-2-4-13(12)15/h2-9,21H,10H2,1H3. The Morgan fingerprint density at radius 2 is 1.86 bits per heavy atom. The van der Waals surface area contributed by atoms with E-state index in [4.69, 9.17) is 0 Å². The number of rotatable bonds is 3. The summed E-state index contributed by atoms with van der Waals surface area (Å²) in [5, 5.41) is 3.83. The number of benzene rings is 2. The van der Waals surface area contributed by atoms with E-state index in [1.54, 1.807) is 13.1 Å². The molecule has 21 heavy (non-hydrogen) atoms. The first-order valence-electron chi connectivity index (χ1n) is 6.68. The van der Waals surface area contributed by atoms with Gasteiger partial charge in [-0.2, -0.15) is 0 Å². The quantitative estimate of drug-likeness (QED) is 0.769. The number of aryl methyl sites for hydroxylation is 1. The first kappa shape index (κ1) is 13.5. The van der Waals surface area contributed by atoms with Gasteiger partial charge < -0.3 is 5.32 Å². The number of halogens is 2. The molecule has 0 atom stereocenters. The van der Waals surface area contributed by atoms with Crippen molar-refractivity contribution in [3.8, 4) is 0 Å². The van der Waals surface area contributed by atoms with E-state index in [0.29, 0.717) is 12.1 Å². The van der Waals surface area contributed by atoms with Gasteiger partial charge >= 0.3 is 0 Å². The van der Waals surface area contributed by atoms with Crippen molar-refractivity contribution in [2.45, 2.75) is 13.5 Å². The maximum atomic E-state index is 14.0. The zero-order valence-electron chi connectivity index (χ0n) is 11.5. The Balaban J connectivity index is 1.93. The molecule has 0 aliphatic rings. The summed E-state index contributed by atoms with van der Waals surface area (Å²) in [7, 11) is 0. The van der Waals surface area contributed by atoms with Crippen molar-refractivity contribution in [3.63, 3.8) is 0 Å². The van der Waals surface area contributed by atoms with Gasteiger partial charge in [-0.3, -0.25) is 4.98 Å². The van der Waals surface area contributed by atoms with Gasteiger partial charge in [-0.25, -0.2) is 8.78 Å². The van der Waals surface area contributed by atoms with Crippen LogP contribution in [-0.2, 0) is 6.54 Å². The van der Waals surface area contributed by atoms with Gasteiger partial charge in [-0.1, -0.05) is 24.3 Å². The third-order valence-electron chi connectivity index (χ3n) is 3.48. The smallest absolute Gasteiger partial charge is 0.152 e. The van der Waals surface area contributed by atoms with Crippen molar-refractivity contribution in [3.05, 3.63) is 71.4 Å². The molecule has 1 aromatic heterocycles. The van der Waals surface area contributed by atoms with E-state index in [1.807, 2.05) is 30.3 Å². The van der Waals surface area contributed by atoms with Crippen LogP contribution in [0.5, 0.6) is 0 Å². The first-order chi connectivity index (χ1) is 10.2. The second-order valence-corrected chi connectivity index (χ2v) is 4.89. The molecule has 0 fully saturated rings. The van der Waals surface area contributed by atoms with Crippen LogP contribution in [0, 0.1) is 18.6 Å². The lowest BCUT2D eigenvalue weighted by Gasteiger charge is -2.11. The predicted molar refractivity (Wildman–Crippen MR) is 80.2 cm³/mol. The number of fused-ring (bicyclic) bond motifs is 1. The second kappa shape index (κ2) is 5.48. The number of anilines is 1. The second-order valence-electron chi connectivity index (χ2n) is 4.89. The molecule has 3 rings (SSSR count). The molecule has 0 unspecified atom stereocenters. The van der Waals surface area contributed by atoms with E-state index in [0.717, 1.165) is 16.5 Å². The Labute approximate surface area is 121 Å². The number of pyridine rings is 1. The molecule has 0 aliphatic heterocycles. The number of nitrogens with zero attached hydrogens (tertiary/aromatic N) is 1. The zero-order valence-corrected chi connectivity index (χ0v) is 11.5. The van der Waals surface area contributed by atoms with E-state index in [-0.39, 0.29) is 5.69 Å². The largest absolute Gasteiger partial charge is 0.376 e. The van der Waals surface area contributed by atoms with Gasteiger partial charge in [0.1, 0.15) is 11.5 Å². The lowest BCUT2D eigenvalue weighted by molar-refractivity contribution is 0.582. The summed E-state index contributed by atoms with van der Waals surface area (Å²) in [6.45, 7) is 1.95. The summed E-state index contributed by atoms with van der Waals surface area (Å²) < 4.78 is 27.7. The normalized spacial score (nSPS) is 10.8. The zero-order chi connectivity index (χ0) is 14.8. The predicted octanol–water partition coefficient (Wildman–Crippen LogP) is 4.43. The van der Waals surface area contributed by atoms with Crippen molar-refractivity contribution in [2.24, 2.45) is 0 Å². The molecule has 106 valence electrons. The summed E-state index contributed by atoms with van der Waals surface area (Å²) in [5.41, 5.74) is 2.14. The van der Waals surface area contributed by atoms with Crippen molar-refractivity contribution in [1.82, 2.24) is 4.98 Å². The number of hydrogen-bond donors (Lipinski definition) is 1. The van der Waals surface area contributed by atoms with Crippen molar-refractivity contribution < 1.29 is 8.78 Å². The van der Waals surface area contributed by atoms with Crippen LogP contribution in [0.1, 0.15) is 11.1 Å². The molecular weight excluding hydrogens is 270 g/mol. The lowest BCUT2D eigenvalue weighted by Crippen LogP contribution is -2.05. The minimum Gasteiger partial charge on any atom is -0.376 e. The van der Waals surface area contributed by atoms with E-state index < -0.39 is 11.6 Å². The minimum absolute atomic E-state index is 0.0871. The van der Waals surface area contributed by atoms with E-state index in [2.05, 4.69) is 10.3 Å². The summed E-state index contributed by atoms with van der Waals surface area (Å²) in [6, 6.07) is 12.2. The fourth-order valence-electron chi connectivity index (χ4n) is 2.31. The van der Waals surface area contributed by atoms with Crippen LogP contribution in [0.15, 0.2) is 48.7 Å². The molecule has 0 saturated carbocycles. The van der Waals surface area contributed by atoms with Gasteiger partial charge in [-0.15, -0.1) is 0 Å². The van der Waals surface area contributed by atoms with Crippen LogP contribution in [0.4, 0.5) is 14.5 Å². The molecule has 2 aromatic carbocycles. The molecule has 0 aliphatic carbocycles. The Hall–Kier alpha value is -2.49. The minimum atomic E-state index is -0.587. The highest BCUT2D eigenvalue weighted by molar-refractivity contribution is 5.82. The van der Waals surface area contributed by atoms with Gasteiger partial charge in [0.05, 0.1) is 5.52 Å². The Kier molecular flexibility index (Phi) is 3.52. The molecule has 1 N–H and O–H groups in total. The summed E-state index contributed by atoms with van der Waals surface area (Å²) in [5.74, 6) is -1.13. The van der Waals surface area contributed by atoms with E-state index in [1.165, 1.54) is 12.1 Å². The fourth-order valence-corrected chi connectivity index (χ4v) is 2.31. The summed E-state index contributed by atoms with van der Waals surface area (Å²) >= 11 is 0. The molecule has 4 heteroatoms. The Bertz CT molecular complexity index is 795. The maximum Gasteiger partial charge on any atom is 0.152 e. The van der Waals surface area contributed by atoms with Gasteiger partial charge in [0, 0.05) is 18.1 Å². The molecule has 1 heterocycles. The van der Waals surface area contributed by atoms with Crippen LogP contribution < -0.4 is 5.32 Å². The van der Waals surface area contributed by atoms with Crippen LogP contribution in [0.2, 0.25) is 0 Å². The average molecular weight is 284 g/mol. The maximum absolute atomic E-state index is 14.0. The summed E-state index contributed by atoms with van der Waals surface area (Å²) in [4.78, 5) is 4.27. The molecule has 0 spiro atoms. The van der Waals surface area contributed by atoms with Crippen LogP contribution >= 0.6 is 0 Å². The SMILES string of the molecule is Cc1ccc(F)c(NCc2ccnc3ccccc23)c1F. The van der Waals surface area contributed by atoms with Gasteiger partial charge in [0.25, 0.3) is 0 Å². The molecule has 0 radical (unpaired) electrons. The van der Waals surface area contributed by atoms with Crippen molar-refractivity contribution >= 4 is 16.6 Å². The lowest BCUT2D eigenvalue weighted by atomic mass is 10.1. The highest BCUT2D eigenvalue weighted by Gasteiger charge is 2.11. The van der Waals surface area contributed by atoms with Gasteiger partial charge in [0.2, 0.25) is 0 Å². The topological polar surface area (TPSA) is 24.9 Å². The average Bonchev–Trinajstić information content (AvgIpc) is 2.51. The van der Waals surface area contributed by atoms with E-state index >= 15 is 0 Å². The van der Waals surface area contributed by atoms with Gasteiger partial charge in [0.15, 0.2) is 5.82 Å². The van der Waals surface area contributed by atoms with Gasteiger partial charge in [-0.05, 0) is 36.2 Å². The highest BCUT2D eigenvalue weighted by atomic mass is 19.1. The van der Waals surface area contributed by atoms with Crippen LogP contribution in [0.3, 0.4) is 0 Å². The number of aromatic nitrogens is 1. The third-order valence-corrected chi connectivity index (χ3v) is 3.48. The summed E-state index contributed by atoms with van der Waals surface area (Å²) in [6.07, 6.45) is 1.70. The Morgan fingerprint density at radius 1 is 1.05 bits per heavy atom. The van der Waals surface area contributed by atoms with Crippen molar-refractivity contribution in [1.29, 1.82) is 0 Å². The molecule has 2 nitrogen and oxygen atoms in total. The van der Waals surface area contributed by atoms with Crippen LogP contribution in [-0.4, -0.2) is 4.98 Å². The number of para-hydroxylation sites is 1. The molecule has 3 aromatic rings. The number of hydrogen-bond acceptors (Lipinski definition) is 2. The van der Waals surface area contributed by atoms with Crippen LogP contribution in [0.25, 0.3) is 10.9 Å². The third kappa shape index (κ3) is 2.57. The van der Waals surface area contributed by atoms with Crippen molar-refractivity contribution in [2.75, 3.05) is 5.32 Å². The first-order valence-corrected chi connectivity index (χ1v) is 6.68. The highest BCUT2D eigenvalue weighted by Crippen LogP contribution is 2.23. The number of nitrogens with one attached hydrogen (secondary N) is 1. The molecule has 0 saturated heterocycles. The fraction of sp³-hybridized carbons (Fsp3) is 0.118. The molecular formula is C17H14F2N2. The Morgan fingerprint density at radius 3 is 2.71 bits per heavy atom.